The fourth-order valence-electron chi connectivity index (χ4n) is 1.50. The van der Waals surface area contributed by atoms with Gasteiger partial charge in [0.1, 0.15) is 5.01 Å². The number of nitrogens with one attached hydrogen (secondary N) is 1. The smallest absolute Gasteiger partial charge is 0.123 e. The van der Waals surface area contributed by atoms with Gasteiger partial charge in [-0.3, -0.25) is 0 Å². The average molecular weight is 267 g/mol. The molecular formula is C13H15ClN2S. The highest BCUT2D eigenvalue weighted by Gasteiger charge is 2.06. The van der Waals surface area contributed by atoms with E-state index in [1.807, 2.05) is 19.1 Å². The number of benzene rings is 1. The second kappa shape index (κ2) is 5.63. The van der Waals surface area contributed by atoms with Crippen LogP contribution in [0.15, 0.2) is 23.6 Å². The van der Waals surface area contributed by atoms with Gasteiger partial charge in [0.15, 0.2) is 0 Å². The van der Waals surface area contributed by atoms with Crippen molar-refractivity contribution in [2.45, 2.75) is 20.4 Å². The lowest BCUT2D eigenvalue weighted by Gasteiger charge is -2.00. The minimum atomic E-state index is 0.797. The maximum Gasteiger partial charge on any atom is 0.123 e. The predicted molar refractivity (Wildman–Crippen MR) is 74.7 cm³/mol. The third kappa shape index (κ3) is 3.06. The van der Waals surface area contributed by atoms with Crippen LogP contribution in [-0.2, 0) is 6.54 Å². The Kier molecular flexibility index (Phi) is 4.15. The van der Waals surface area contributed by atoms with Crippen molar-refractivity contribution >= 4 is 22.9 Å². The highest BCUT2D eigenvalue weighted by Crippen LogP contribution is 2.27. The predicted octanol–water partition coefficient (Wildman–Crippen LogP) is 3.88. The molecule has 0 aliphatic heterocycles. The molecule has 0 spiro atoms. The molecule has 0 atom stereocenters. The molecule has 17 heavy (non-hydrogen) atoms. The van der Waals surface area contributed by atoms with Gasteiger partial charge in [-0.25, -0.2) is 4.98 Å². The van der Waals surface area contributed by atoms with E-state index in [0.717, 1.165) is 39.9 Å². The Morgan fingerprint density at radius 1 is 1.41 bits per heavy atom. The Morgan fingerprint density at radius 3 is 2.94 bits per heavy atom. The Bertz CT molecular complexity index is 508. The van der Waals surface area contributed by atoms with Crippen molar-refractivity contribution in [3.8, 4) is 10.6 Å². The molecule has 2 aromatic rings. The van der Waals surface area contributed by atoms with E-state index in [1.165, 1.54) is 0 Å². The van der Waals surface area contributed by atoms with Crippen LogP contribution in [0.25, 0.3) is 10.6 Å². The summed E-state index contributed by atoms with van der Waals surface area (Å²) in [4.78, 5) is 4.59. The molecule has 0 saturated heterocycles. The van der Waals surface area contributed by atoms with E-state index in [9.17, 15) is 0 Å². The maximum atomic E-state index is 6.12. The largest absolute Gasteiger partial charge is 0.311 e. The molecule has 0 fully saturated rings. The Morgan fingerprint density at radius 2 is 2.24 bits per heavy atom. The second-order valence-electron chi connectivity index (χ2n) is 3.89. The number of hydrogen-bond acceptors (Lipinski definition) is 3. The summed E-state index contributed by atoms with van der Waals surface area (Å²) in [6.07, 6.45) is 0. The van der Waals surface area contributed by atoms with Gasteiger partial charge in [-0.05, 0) is 25.1 Å². The highest BCUT2D eigenvalue weighted by molar-refractivity contribution is 7.13. The van der Waals surface area contributed by atoms with Crippen LogP contribution < -0.4 is 5.32 Å². The summed E-state index contributed by atoms with van der Waals surface area (Å²) in [5.74, 6) is 0. The lowest BCUT2D eigenvalue weighted by Crippen LogP contribution is -2.11. The first-order valence-electron chi connectivity index (χ1n) is 5.62. The Balaban J connectivity index is 2.21. The van der Waals surface area contributed by atoms with E-state index in [1.54, 1.807) is 11.3 Å². The summed E-state index contributed by atoms with van der Waals surface area (Å²) in [5.41, 5.74) is 3.27. The molecule has 4 heteroatoms. The summed E-state index contributed by atoms with van der Waals surface area (Å²) in [5, 5.41) is 7.18. The van der Waals surface area contributed by atoms with Crippen LogP contribution in [-0.4, -0.2) is 11.5 Å². The van der Waals surface area contributed by atoms with Crippen LogP contribution in [0.5, 0.6) is 0 Å². The monoisotopic (exact) mass is 266 g/mol. The van der Waals surface area contributed by atoms with Crippen molar-refractivity contribution in [2.24, 2.45) is 0 Å². The number of aromatic nitrogens is 1. The Hall–Kier alpha value is -0.900. The van der Waals surface area contributed by atoms with Crippen molar-refractivity contribution in [3.05, 3.63) is 39.9 Å². The van der Waals surface area contributed by atoms with Crippen LogP contribution in [0.4, 0.5) is 0 Å². The molecule has 1 N–H and O–H groups in total. The Labute approximate surface area is 111 Å². The van der Waals surface area contributed by atoms with Crippen LogP contribution in [0, 0.1) is 6.92 Å². The molecule has 2 rings (SSSR count). The molecule has 0 saturated carbocycles. The van der Waals surface area contributed by atoms with Crippen LogP contribution >= 0.6 is 22.9 Å². The van der Waals surface area contributed by atoms with Crippen LogP contribution in [0.2, 0.25) is 5.02 Å². The van der Waals surface area contributed by atoms with Crippen LogP contribution in [0.1, 0.15) is 18.2 Å². The van der Waals surface area contributed by atoms with Gasteiger partial charge in [0.05, 0.1) is 5.69 Å². The molecule has 1 aromatic carbocycles. The molecule has 1 heterocycles. The average Bonchev–Trinajstić information content (AvgIpc) is 2.79. The summed E-state index contributed by atoms with van der Waals surface area (Å²) < 4.78 is 0. The first kappa shape index (κ1) is 12.6. The standard InChI is InChI=1S/C13H15ClN2S/c1-3-15-7-11-8-17-13(16-11)10-5-4-9(2)12(14)6-10/h4-6,8,15H,3,7H2,1-2H3. The number of rotatable bonds is 4. The number of aryl methyl sites for hydroxylation is 1. The second-order valence-corrected chi connectivity index (χ2v) is 5.15. The van der Waals surface area contributed by atoms with Crippen molar-refractivity contribution in [3.63, 3.8) is 0 Å². The summed E-state index contributed by atoms with van der Waals surface area (Å²) in [7, 11) is 0. The summed E-state index contributed by atoms with van der Waals surface area (Å²) in [6.45, 7) is 5.88. The fourth-order valence-corrected chi connectivity index (χ4v) is 2.50. The zero-order valence-electron chi connectivity index (χ0n) is 9.96. The van der Waals surface area contributed by atoms with Gasteiger partial charge >= 0.3 is 0 Å². The number of nitrogens with zero attached hydrogens (tertiary/aromatic N) is 1. The quantitative estimate of drug-likeness (QED) is 0.908. The normalized spacial score (nSPS) is 10.8. The molecule has 1 aromatic heterocycles. The molecular weight excluding hydrogens is 252 g/mol. The van der Waals surface area contributed by atoms with Crippen molar-refractivity contribution in [1.29, 1.82) is 0 Å². The summed E-state index contributed by atoms with van der Waals surface area (Å²) >= 11 is 7.78. The van der Waals surface area contributed by atoms with Crippen LogP contribution in [0.3, 0.4) is 0 Å². The number of halogens is 1. The maximum absolute atomic E-state index is 6.12. The third-order valence-corrected chi connectivity index (χ3v) is 3.87. The van der Waals surface area contributed by atoms with Crippen molar-refractivity contribution in [1.82, 2.24) is 10.3 Å². The fraction of sp³-hybridized carbons (Fsp3) is 0.308. The molecule has 90 valence electrons. The molecule has 0 amide bonds. The lowest BCUT2D eigenvalue weighted by atomic mass is 10.1. The minimum Gasteiger partial charge on any atom is -0.311 e. The van der Waals surface area contributed by atoms with Gasteiger partial charge in [-0.15, -0.1) is 11.3 Å². The zero-order valence-corrected chi connectivity index (χ0v) is 11.5. The first-order valence-corrected chi connectivity index (χ1v) is 6.88. The molecule has 0 unspecified atom stereocenters. The molecule has 0 radical (unpaired) electrons. The SMILES string of the molecule is CCNCc1csc(-c2ccc(C)c(Cl)c2)n1. The van der Waals surface area contributed by atoms with Gasteiger partial charge in [0.25, 0.3) is 0 Å². The van der Waals surface area contributed by atoms with Crippen molar-refractivity contribution < 1.29 is 0 Å². The topological polar surface area (TPSA) is 24.9 Å². The third-order valence-electron chi connectivity index (χ3n) is 2.53. The van der Waals surface area contributed by atoms with Gasteiger partial charge in [-0.1, -0.05) is 30.7 Å². The summed E-state index contributed by atoms with van der Waals surface area (Å²) in [6, 6.07) is 6.08. The molecule has 0 bridgehead atoms. The van der Waals surface area contributed by atoms with E-state index in [-0.39, 0.29) is 0 Å². The molecule has 2 nitrogen and oxygen atoms in total. The van der Waals surface area contributed by atoms with E-state index in [2.05, 4.69) is 28.7 Å². The van der Waals surface area contributed by atoms with E-state index in [4.69, 9.17) is 11.6 Å². The van der Waals surface area contributed by atoms with E-state index in [0.29, 0.717) is 0 Å². The van der Waals surface area contributed by atoms with E-state index < -0.39 is 0 Å². The first-order chi connectivity index (χ1) is 8.20. The minimum absolute atomic E-state index is 0.797. The number of hydrogen-bond donors (Lipinski definition) is 1. The van der Waals surface area contributed by atoms with Gasteiger partial charge in [0.2, 0.25) is 0 Å². The van der Waals surface area contributed by atoms with Gasteiger partial charge in [0, 0.05) is 22.5 Å². The molecule has 0 aliphatic carbocycles. The lowest BCUT2D eigenvalue weighted by molar-refractivity contribution is 0.715. The van der Waals surface area contributed by atoms with E-state index >= 15 is 0 Å². The molecule has 0 aliphatic rings. The zero-order chi connectivity index (χ0) is 12.3. The highest BCUT2D eigenvalue weighted by atomic mass is 35.5. The van der Waals surface area contributed by atoms with Crippen molar-refractivity contribution in [2.75, 3.05) is 6.54 Å². The van der Waals surface area contributed by atoms with Gasteiger partial charge in [-0.2, -0.15) is 0 Å². The number of thiazole rings is 1. The van der Waals surface area contributed by atoms with Gasteiger partial charge < -0.3 is 5.32 Å².